The van der Waals surface area contributed by atoms with Crippen molar-refractivity contribution in [3.8, 4) is 17.7 Å². The van der Waals surface area contributed by atoms with Crippen LogP contribution < -0.4 is 4.74 Å². The highest BCUT2D eigenvalue weighted by molar-refractivity contribution is 9.10. The number of hydrogen-bond donors (Lipinski definition) is 0. The van der Waals surface area contributed by atoms with Crippen LogP contribution >= 0.6 is 15.9 Å². The first-order valence-corrected chi connectivity index (χ1v) is 6.67. The molecule has 1 aromatic carbocycles. The Bertz CT molecular complexity index is 580. The molecule has 0 aliphatic carbocycles. The summed E-state index contributed by atoms with van der Waals surface area (Å²) in [4.78, 5) is 13.9. The number of nitrogens with zero attached hydrogens (tertiary/aromatic N) is 1. The van der Waals surface area contributed by atoms with Gasteiger partial charge in [0.15, 0.2) is 0 Å². The summed E-state index contributed by atoms with van der Waals surface area (Å²) in [7, 11) is 5.16. The van der Waals surface area contributed by atoms with Gasteiger partial charge in [0.05, 0.1) is 12.7 Å². The second kappa shape index (κ2) is 6.12. The van der Waals surface area contributed by atoms with Gasteiger partial charge in [-0.15, -0.1) is 0 Å². The Hall–Kier alpha value is -1.47. The van der Waals surface area contributed by atoms with E-state index in [4.69, 9.17) is 4.74 Å². The van der Waals surface area contributed by atoms with Gasteiger partial charge < -0.3 is 9.64 Å². The van der Waals surface area contributed by atoms with E-state index in [0.717, 1.165) is 21.2 Å². The predicted octanol–water partition coefficient (Wildman–Crippen LogP) is 3.09. The fourth-order valence-corrected chi connectivity index (χ4v) is 2.33. The summed E-state index contributed by atoms with van der Waals surface area (Å²) in [6.07, 6.45) is 0. The van der Waals surface area contributed by atoms with Gasteiger partial charge >= 0.3 is 0 Å². The average Bonchev–Trinajstić information content (AvgIpc) is 2.37. The summed E-state index contributed by atoms with van der Waals surface area (Å²) >= 11 is 3.53. The molecule has 0 saturated heterocycles. The van der Waals surface area contributed by atoms with Crippen molar-refractivity contribution >= 4 is 21.7 Å². The SMILES string of the molecule is COc1c(C)c(C)c(Br)c(C)c1C(=O)C#CN(C)C. The third kappa shape index (κ3) is 3.10. The summed E-state index contributed by atoms with van der Waals surface area (Å²) in [6.45, 7) is 5.83. The molecule has 4 heteroatoms. The lowest BCUT2D eigenvalue weighted by molar-refractivity contribution is 0.105. The number of benzene rings is 1. The van der Waals surface area contributed by atoms with Crippen LogP contribution in [0.25, 0.3) is 0 Å². The minimum absolute atomic E-state index is 0.230. The zero-order valence-corrected chi connectivity index (χ0v) is 13.7. The predicted molar refractivity (Wildman–Crippen MR) is 80.7 cm³/mol. The van der Waals surface area contributed by atoms with Crippen LogP contribution in [-0.2, 0) is 0 Å². The number of rotatable bonds is 2. The molecular weight excluding hydrogens is 306 g/mol. The summed E-state index contributed by atoms with van der Waals surface area (Å²) < 4.78 is 6.33. The van der Waals surface area contributed by atoms with Crippen molar-refractivity contribution in [2.24, 2.45) is 0 Å². The molecule has 0 spiro atoms. The van der Waals surface area contributed by atoms with E-state index >= 15 is 0 Å². The summed E-state index contributed by atoms with van der Waals surface area (Å²) in [6, 6.07) is 2.74. The molecule has 0 heterocycles. The molecule has 0 unspecified atom stereocenters. The van der Waals surface area contributed by atoms with Gasteiger partial charge in [-0.2, -0.15) is 0 Å². The molecule has 0 radical (unpaired) electrons. The maximum Gasteiger partial charge on any atom is 0.241 e. The standard InChI is InChI=1S/C15H18BrNO2/c1-9-10(2)15(19-6)13(11(3)14(9)16)12(18)7-8-17(4)5/h1-6H3. The van der Waals surface area contributed by atoms with E-state index in [0.29, 0.717) is 11.3 Å². The van der Waals surface area contributed by atoms with Gasteiger partial charge in [-0.05, 0) is 37.5 Å². The molecule has 0 bridgehead atoms. The van der Waals surface area contributed by atoms with Gasteiger partial charge in [-0.1, -0.05) is 15.9 Å². The van der Waals surface area contributed by atoms with Crippen LogP contribution in [0.2, 0.25) is 0 Å². The number of carbonyl (C=O) groups is 1. The molecule has 0 aliphatic heterocycles. The topological polar surface area (TPSA) is 29.5 Å². The van der Waals surface area contributed by atoms with E-state index in [1.54, 1.807) is 26.1 Å². The van der Waals surface area contributed by atoms with E-state index < -0.39 is 0 Å². The number of ketones is 1. The maximum atomic E-state index is 12.3. The van der Waals surface area contributed by atoms with Crippen LogP contribution in [0, 0.1) is 32.7 Å². The van der Waals surface area contributed by atoms with Crippen molar-refractivity contribution in [3.63, 3.8) is 0 Å². The Labute approximate surface area is 123 Å². The molecule has 102 valence electrons. The Morgan fingerprint density at radius 3 is 2.21 bits per heavy atom. The number of halogens is 1. The zero-order chi connectivity index (χ0) is 14.7. The van der Waals surface area contributed by atoms with Crippen molar-refractivity contribution in [3.05, 3.63) is 26.7 Å². The molecular formula is C15H18BrNO2. The number of carbonyl (C=O) groups excluding carboxylic acids is 1. The first kappa shape index (κ1) is 15.6. The lowest BCUT2D eigenvalue weighted by Crippen LogP contribution is -2.08. The Morgan fingerprint density at radius 1 is 1.16 bits per heavy atom. The van der Waals surface area contributed by atoms with E-state index in [2.05, 4.69) is 27.9 Å². The fourth-order valence-electron chi connectivity index (χ4n) is 1.84. The minimum Gasteiger partial charge on any atom is -0.496 e. The van der Waals surface area contributed by atoms with Crippen molar-refractivity contribution in [1.82, 2.24) is 4.90 Å². The summed E-state index contributed by atoms with van der Waals surface area (Å²) in [5, 5.41) is 0. The fraction of sp³-hybridized carbons (Fsp3) is 0.400. The van der Waals surface area contributed by atoms with E-state index in [1.165, 1.54) is 0 Å². The monoisotopic (exact) mass is 323 g/mol. The largest absolute Gasteiger partial charge is 0.496 e. The first-order valence-electron chi connectivity index (χ1n) is 5.87. The number of methoxy groups -OCH3 is 1. The highest BCUT2D eigenvalue weighted by atomic mass is 79.9. The molecule has 3 nitrogen and oxygen atoms in total. The second-order valence-corrected chi connectivity index (χ2v) is 5.35. The van der Waals surface area contributed by atoms with Crippen molar-refractivity contribution in [2.45, 2.75) is 20.8 Å². The molecule has 1 aromatic rings. The highest BCUT2D eigenvalue weighted by Gasteiger charge is 2.21. The molecule has 0 aromatic heterocycles. The normalized spacial score (nSPS) is 9.63. The molecule has 1 rings (SSSR count). The molecule has 0 N–H and O–H groups in total. The van der Waals surface area contributed by atoms with Crippen LogP contribution in [-0.4, -0.2) is 31.9 Å². The molecule has 19 heavy (non-hydrogen) atoms. The van der Waals surface area contributed by atoms with Crippen LogP contribution in [0.5, 0.6) is 5.75 Å². The van der Waals surface area contributed by atoms with Crippen LogP contribution in [0.3, 0.4) is 0 Å². The lowest BCUT2D eigenvalue weighted by Gasteiger charge is -2.16. The van der Waals surface area contributed by atoms with Gasteiger partial charge in [-0.3, -0.25) is 4.79 Å². The van der Waals surface area contributed by atoms with Gasteiger partial charge in [0.1, 0.15) is 5.75 Å². The van der Waals surface area contributed by atoms with E-state index in [1.807, 2.05) is 20.8 Å². The summed E-state index contributed by atoms with van der Waals surface area (Å²) in [5.41, 5.74) is 3.42. The lowest BCUT2D eigenvalue weighted by atomic mass is 9.96. The molecule has 0 amide bonds. The van der Waals surface area contributed by atoms with Gasteiger partial charge in [0.25, 0.3) is 0 Å². The van der Waals surface area contributed by atoms with Gasteiger partial charge in [-0.25, -0.2) is 0 Å². The summed E-state index contributed by atoms with van der Waals surface area (Å²) in [5.74, 6) is 3.00. The van der Waals surface area contributed by atoms with Crippen LogP contribution in [0.15, 0.2) is 4.47 Å². The van der Waals surface area contributed by atoms with Crippen molar-refractivity contribution in [1.29, 1.82) is 0 Å². The molecule has 0 fully saturated rings. The Kier molecular flexibility index (Phi) is 5.02. The van der Waals surface area contributed by atoms with Gasteiger partial charge in [0.2, 0.25) is 5.78 Å². The molecule has 0 aliphatic rings. The van der Waals surface area contributed by atoms with Crippen molar-refractivity contribution in [2.75, 3.05) is 21.2 Å². The van der Waals surface area contributed by atoms with E-state index in [9.17, 15) is 4.79 Å². The maximum absolute atomic E-state index is 12.3. The van der Waals surface area contributed by atoms with Crippen molar-refractivity contribution < 1.29 is 9.53 Å². The first-order chi connectivity index (χ1) is 8.81. The number of Topliss-reactive ketones (excluding diaryl/α,β-unsaturated/α-hetero) is 1. The zero-order valence-electron chi connectivity index (χ0n) is 12.1. The average molecular weight is 324 g/mol. The smallest absolute Gasteiger partial charge is 0.241 e. The number of hydrogen-bond acceptors (Lipinski definition) is 3. The second-order valence-electron chi connectivity index (χ2n) is 4.56. The van der Waals surface area contributed by atoms with E-state index in [-0.39, 0.29) is 5.78 Å². The quantitative estimate of drug-likeness (QED) is 0.476. The highest BCUT2D eigenvalue weighted by Crippen LogP contribution is 2.36. The molecule has 0 saturated carbocycles. The van der Waals surface area contributed by atoms with Crippen LogP contribution in [0.4, 0.5) is 0 Å². The third-order valence-corrected chi connectivity index (χ3v) is 4.18. The molecule has 0 atom stereocenters. The number of ether oxygens (including phenoxy) is 1. The van der Waals surface area contributed by atoms with Crippen LogP contribution in [0.1, 0.15) is 27.0 Å². The van der Waals surface area contributed by atoms with Gasteiger partial charge in [0, 0.05) is 30.5 Å². The Balaban J connectivity index is 3.52. The third-order valence-electron chi connectivity index (χ3n) is 2.99. The minimum atomic E-state index is -0.230. The Morgan fingerprint density at radius 2 is 1.74 bits per heavy atom.